The van der Waals surface area contributed by atoms with E-state index in [2.05, 4.69) is 26.3 Å². The molecule has 134 valence electrons. The zero-order valence-corrected chi connectivity index (χ0v) is 15.2. The molecule has 0 spiro atoms. The Morgan fingerprint density at radius 2 is 2.12 bits per heavy atom. The molecule has 1 aromatic carbocycles. The molecule has 3 aromatic rings. The van der Waals surface area contributed by atoms with Gasteiger partial charge in [-0.1, -0.05) is 23.8 Å². The third-order valence-electron chi connectivity index (χ3n) is 5.18. The van der Waals surface area contributed by atoms with Crippen LogP contribution in [0.2, 0.25) is 0 Å². The van der Waals surface area contributed by atoms with Gasteiger partial charge in [0.25, 0.3) is 0 Å². The molecule has 2 heterocycles. The van der Waals surface area contributed by atoms with E-state index in [1.165, 1.54) is 19.3 Å². The molecule has 1 fully saturated rings. The first-order valence-electron chi connectivity index (χ1n) is 9.06. The van der Waals surface area contributed by atoms with Gasteiger partial charge in [-0.25, -0.2) is 0 Å². The number of carbonyl (C=O) groups is 1. The average molecular weight is 349 g/mol. The monoisotopic (exact) mass is 349 g/mol. The molecule has 1 saturated carbocycles. The average Bonchev–Trinajstić information content (AvgIpc) is 2.98. The molecule has 0 bridgehead atoms. The highest BCUT2D eigenvalue weighted by Gasteiger charge is 2.23. The summed E-state index contributed by atoms with van der Waals surface area (Å²) in [5.41, 5.74) is 2.67. The van der Waals surface area contributed by atoms with Crippen molar-refractivity contribution in [2.24, 2.45) is 7.05 Å². The molecule has 0 amide bonds. The van der Waals surface area contributed by atoms with Gasteiger partial charge >= 0.3 is 0 Å². The summed E-state index contributed by atoms with van der Waals surface area (Å²) >= 11 is 0. The number of hydrogen-bond acceptors (Lipinski definition) is 5. The molecular weight excluding hydrogens is 326 g/mol. The van der Waals surface area contributed by atoms with Crippen molar-refractivity contribution in [2.45, 2.75) is 31.7 Å². The first kappa shape index (κ1) is 16.8. The van der Waals surface area contributed by atoms with Gasteiger partial charge in [-0.15, -0.1) is 5.10 Å². The van der Waals surface area contributed by atoms with E-state index >= 15 is 0 Å². The molecule has 0 atom stereocenters. The minimum absolute atomic E-state index is 0.219. The predicted octanol–water partition coefficient (Wildman–Crippen LogP) is 2.63. The summed E-state index contributed by atoms with van der Waals surface area (Å²) in [5, 5.41) is 10.3. The lowest BCUT2D eigenvalue weighted by Crippen LogP contribution is -2.40. The van der Waals surface area contributed by atoms with Crippen molar-refractivity contribution in [3.05, 3.63) is 42.4 Å². The Kier molecular flexibility index (Phi) is 4.51. The smallest absolute Gasteiger partial charge is 0.152 e. The molecule has 1 aliphatic carbocycles. The van der Waals surface area contributed by atoms with E-state index in [4.69, 9.17) is 0 Å². The van der Waals surface area contributed by atoms with Crippen LogP contribution in [0.3, 0.4) is 0 Å². The minimum Gasteiger partial charge on any atom is -0.298 e. The fraction of sp³-hybridized carbons (Fsp3) is 0.400. The molecule has 0 aliphatic heterocycles. The zero-order valence-electron chi connectivity index (χ0n) is 15.2. The molecule has 26 heavy (non-hydrogen) atoms. The third-order valence-corrected chi connectivity index (χ3v) is 5.18. The number of carbonyl (C=O) groups excluding carboxylic acids is 1. The third kappa shape index (κ3) is 3.51. The molecule has 0 radical (unpaired) electrons. The van der Waals surface area contributed by atoms with Crippen LogP contribution in [0, 0.1) is 0 Å². The molecule has 0 unspecified atom stereocenters. The van der Waals surface area contributed by atoms with Crippen molar-refractivity contribution in [1.29, 1.82) is 0 Å². The van der Waals surface area contributed by atoms with Gasteiger partial charge in [0.15, 0.2) is 5.78 Å². The van der Waals surface area contributed by atoms with Crippen LogP contribution in [-0.2, 0) is 18.3 Å². The summed E-state index contributed by atoms with van der Waals surface area (Å²) in [5.74, 6) is 0.219. The number of ketones is 1. The van der Waals surface area contributed by atoms with Crippen LogP contribution in [-0.4, -0.2) is 50.3 Å². The second kappa shape index (κ2) is 6.96. The highest BCUT2D eigenvalue weighted by atomic mass is 16.1. The van der Waals surface area contributed by atoms with Crippen LogP contribution in [0.5, 0.6) is 0 Å². The van der Waals surface area contributed by atoms with Crippen LogP contribution >= 0.6 is 0 Å². The predicted molar refractivity (Wildman–Crippen MR) is 101 cm³/mol. The van der Waals surface area contributed by atoms with E-state index in [1.807, 2.05) is 44.7 Å². The van der Waals surface area contributed by atoms with Gasteiger partial charge in [-0.05, 0) is 37.4 Å². The summed E-state index contributed by atoms with van der Waals surface area (Å²) in [6.07, 6.45) is 7.81. The van der Waals surface area contributed by atoms with Gasteiger partial charge in [0.2, 0.25) is 0 Å². The van der Waals surface area contributed by atoms with Crippen molar-refractivity contribution < 1.29 is 4.79 Å². The van der Waals surface area contributed by atoms with Crippen LogP contribution < -0.4 is 0 Å². The van der Waals surface area contributed by atoms with Crippen LogP contribution in [0.1, 0.15) is 25.0 Å². The molecule has 1 aliphatic rings. The van der Waals surface area contributed by atoms with Crippen molar-refractivity contribution in [3.63, 3.8) is 0 Å². The molecule has 2 aromatic heterocycles. The first-order valence-corrected chi connectivity index (χ1v) is 9.06. The second-order valence-corrected chi connectivity index (χ2v) is 7.23. The van der Waals surface area contributed by atoms with Crippen LogP contribution in [0.25, 0.3) is 22.0 Å². The van der Waals surface area contributed by atoms with Gasteiger partial charge in [0.05, 0.1) is 19.2 Å². The first-order chi connectivity index (χ1) is 12.6. The Balaban J connectivity index is 1.51. The Hall–Kier alpha value is -2.60. The number of fused-ring (bicyclic) bond motifs is 1. The molecule has 6 nitrogen and oxygen atoms in total. The Labute approximate surface area is 152 Å². The van der Waals surface area contributed by atoms with Crippen molar-refractivity contribution >= 4 is 16.6 Å². The van der Waals surface area contributed by atoms with E-state index in [0.29, 0.717) is 19.0 Å². The lowest BCUT2D eigenvalue weighted by atomic mass is 9.91. The van der Waals surface area contributed by atoms with Gasteiger partial charge < -0.3 is 0 Å². The molecular formula is C20H23N5O. The fourth-order valence-electron chi connectivity index (χ4n) is 3.41. The summed E-state index contributed by atoms with van der Waals surface area (Å²) in [4.78, 5) is 19.0. The Bertz CT molecular complexity index is 944. The highest BCUT2D eigenvalue weighted by molar-refractivity contribution is 5.88. The normalized spacial score (nSPS) is 14.7. The number of nitrogens with zero attached hydrogens (tertiary/aromatic N) is 5. The molecule has 0 saturated heterocycles. The van der Waals surface area contributed by atoms with Crippen molar-refractivity contribution in [1.82, 2.24) is 24.9 Å². The van der Waals surface area contributed by atoms with E-state index in [9.17, 15) is 4.79 Å². The highest BCUT2D eigenvalue weighted by Crippen LogP contribution is 2.24. The van der Waals surface area contributed by atoms with Crippen molar-refractivity contribution in [2.75, 3.05) is 13.6 Å². The standard InChI is InChI=1S/C20H23N5O/c1-24(18-4-3-5-18)12-19(26)10-17-9-16-8-14(6-7-15(16)11-21-17)20-13-25(2)23-22-20/h6-9,11,13,18H,3-5,10,12H2,1-2H3. The van der Waals surface area contributed by atoms with Crippen molar-refractivity contribution in [3.8, 4) is 11.3 Å². The summed E-state index contributed by atoms with van der Waals surface area (Å²) < 4.78 is 1.69. The maximum atomic E-state index is 12.4. The number of Topliss-reactive ketones (excluding diaryl/α,β-unsaturated/α-hetero) is 1. The largest absolute Gasteiger partial charge is 0.298 e. The van der Waals surface area contributed by atoms with Gasteiger partial charge in [0.1, 0.15) is 5.69 Å². The van der Waals surface area contributed by atoms with Gasteiger partial charge in [0, 0.05) is 35.9 Å². The topological polar surface area (TPSA) is 63.9 Å². The second-order valence-electron chi connectivity index (χ2n) is 7.23. The number of benzene rings is 1. The number of hydrogen-bond donors (Lipinski definition) is 0. The fourth-order valence-corrected chi connectivity index (χ4v) is 3.41. The maximum Gasteiger partial charge on any atom is 0.152 e. The van der Waals surface area contributed by atoms with Crippen LogP contribution in [0.15, 0.2) is 36.7 Å². The zero-order chi connectivity index (χ0) is 18.1. The molecule has 0 N–H and O–H groups in total. The van der Waals surface area contributed by atoms with E-state index in [1.54, 1.807) is 4.68 Å². The number of rotatable bonds is 6. The quantitative estimate of drug-likeness (QED) is 0.684. The molecule has 4 rings (SSSR count). The molecule has 6 heteroatoms. The number of pyridine rings is 1. The maximum absolute atomic E-state index is 12.4. The SMILES string of the molecule is CN(CC(=O)Cc1cc2cc(-c3cn(C)nn3)ccc2cn1)C1CCC1. The number of likely N-dealkylation sites (N-methyl/N-ethyl adjacent to an activating group) is 1. The summed E-state index contributed by atoms with van der Waals surface area (Å²) in [6, 6.07) is 8.72. The summed E-state index contributed by atoms with van der Waals surface area (Å²) in [7, 11) is 3.90. The number of aryl methyl sites for hydroxylation is 1. The van der Waals surface area contributed by atoms with Gasteiger partial charge in [-0.2, -0.15) is 0 Å². The van der Waals surface area contributed by atoms with E-state index in [-0.39, 0.29) is 5.78 Å². The lowest BCUT2D eigenvalue weighted by Gasteiger charge is -2.34. The summed E-state index contributed by atoms with van der Waals surface area (Å²) in [6.45, 7) is 0.504. The van der Waals surface area contributed by atoms with Crippen LogP contribution in [0.4, 0.5) is 0 Å². The Morgan fingerprint density at radius 3 is 2.81 bits per heavy atom. The van der Waals surface area contributed by atoms with E-state index in [0.717, 1.165) is 27.7 Å². The minimum atomic E-state index is 0.219. The lowest BCUT2D eigenvalue weighted by molar-refractivity contribution is -0.120. The Morgan fingerprint density at radius 1 is 1.27 bits per heavy atom. The van der Waals surface area contributed by atoms with E-state index < -0.39 is 0 Å². The number of aromatic nitrogens is 4. The van der Waals surface area contributed by atoms with Gasteiger partial charge in [-0.3, -0.25) is 19.4 Å².